The first-order valence-electron chi connectivity index (χ1n) is 6.47. The zero-order chi connectivity index (χ0) is 11.3. The molecule has 0 saturated heterocycles. The average molecular weight is 211 g/mol. The van der Waals surface area contributed by atoms with Crippen LogP contribution in [0, 0.1) is 5.92 Å². The monoisotopic (exact) mass is 211 g/mol. The van der Waals surface area contributed by atoms with Crippen LogP contribution in [0.4, 0.5) is 0 Å². The van der Waals surface area contributed by atoms with Crippen molar-refractivity contribution >= 4 is 5.78 Å². The number of hydrogen-bond acceptors (Lipinski definition) is 2. The zero-order valence-electron chi connectivity index (χ0n) is 10.2. The van der Waals surface area contributed by atoms with Crippen LogP contribution in [0.3, 0.4) is 0 Å². The lowest BCUT2D eigenvalue weighted by molar-refractivity contribution is -0.128. The standard InChI is InChI=1S/C13H25NO/c1-3-13(14,4-2)12(15)11-9-7-5-6-8-10-11/h11H,3-10,14H2,1-2H3. The van der Waals surface area contributed by atoms with Crippen molar-refractivity contribution in [2.45, 2.75) is 70.8 Å². The molecule has 0 heterocycles. The molecule has 0 aliphatic heterocycles. The summed E-state index contributed by atoms with van der Waals surface area (Å²) in [5.41, 5.74) is 5.63. The van der Waals surface area contributed by atoms with E-state index in [-0.39, 0.29) is 5.92 Å². The Kier molecular flexibility index (Phi) is 4.78. The molecule has 2 nitrogen and oxygen atoms in total. The van der Waals surface area contributed by atoms with Gasteiger partial charge in [-0.15, -0.1) is 0 Å². The maximum Gasteiger partial charge on any atom is 0.155 e. The van der Waals surface area contributed by atoms with Crippen LogP contribution in [-0.2, 0) is 4.79 Å². The number of Topliss-reactive ketones (excluding diaryl/α,β-unsaturated/α-hetero) is 1. The molecular formula is C13H25NO. The molecule has 15 heavy (non-hydrogen) atoms. The van der Waals surface area contributed by atoms with Gasteiger partial charge in [0.2, 0.25) is 0 Å². The fourth-order valence-electron chi connectivity index (χ4n) is 2.55. The predicted octanol–water partition coefficient (Wildman–Crippen LogP) is 3.04. The summed E-state index contributed by atoms with van der Waals surface area (Å²) in [7, 11) is 0. The number of nitrogens with two attached hydrogens (primary N) is 1. The van der Waals surface area contributed by atoms with Crippen molar-refractivity contribution in [3.8, 4) is 0 Å². The Bertz CT molecular complexity index is 201. The van der Waals surface area contributed by atoms with E-state index in [0.29, 0.717) is 5.78 Å². The molecule has 88 valence electrons. The molecule has 0 radical (unpaired) electrons. The summed E-state index contributed by atoms with van der Waals surface area (Å²) in [4.78, 5) is 12.3. The summed E-state index contributed by atoms with van der Waals surface area (Å²) >= 11 is 0. The maximum absolute atomic E-state index is 12.3. The Hall–Kier alpha value is -0.370. The highest BCUT2D eigenvalue weighted by molar-refractivity contribution is 5.90. The summed E-state index contributed by atoms with van der Waals surface area (Å²) in [6.07, 6.45) is 8.69. The van der Waals surface area contributed by atoms with Crippen LogP contribution in [-0.4, -0.2) is 11.3 Å². The number of hydrogen-bond donors (Lipinski definition) is 1. The highest BCUT2D eigenvalue weighted by Crippen LogP contribution is 2.28. The van der Waals surface area contributed by atoms with E-state index in [1.807, 2.05) is 13.8 Å². The molecule has 0 aromatic carbocycles. The molecule has 1 fully saturated rings. The fourth-order valence-corrected chi connectivity index (χ4v) is 2.55. The Balaban J connectivity index is 2.64. The lowest BCUT2D eigenvalue weighted by Gasteiger charge is -2.29. The zero-order valence-corrected chi connectivity index (χ0v) is 10.2. The lowest BCUT2D eigenvalue weighted by atomic mass is 9.79. The van der Waals surface area contributed by atoms with Gasteiger partial charge in [0.1, 0.15) is 0 Å². The van der Waals surface area contributed by atoms with E-state index in [1.54, 1.807) is 0 Å². The van der Waals surface area contributed by atoms with Crippen LogP contribution in [0.5, 0.6) is 0 Å². The minimum atomic E-state index is -0.547. The van der Waals surface area contributed by atoms with Crippen molar-refractivity contribution in [1.29, 1.82) is 0 Å². The van der Waals surface area contributed by atoms with E-state index >= 15 is 0 Å². The SMILES string of the molecule is CCC(N)(CC)C(=O)C1CCCCCC1. The minimum absolute atomic E-state index is 0.248. The van der Waals surface area contributed by atoms with E-state index in [1.165, 1.54) is 25.7 Å². The molecule has 0 atom stereocenters. The molecular weight excluding hydrogens is 186 g/mol. The van der Waals surface area contributed by atoms with Gasteiger partial charge >= 0.3 is 0 Å². The van der Waals surface area contributed by atoms with Gasteiger partial charge in [-0.05, 0) is 25.7 Å². The summed E-state index contributed by atoms with van der Waals surface area (Å²) in [6.45, 7) is 4.05. The van der Waals surface area contributed by atoms with Crippen molar-refractivity contribution in [1.82, 2.24) is 0 Å². The third-order valence-electron chi connectivity index (χ3n) is 3.98. The van der Waals surface area contributed by atoms with Gasteiger partial charge in [-0.25, -0.2) is 0 Å². The first-order valence-corrected chi connectivity index (χ1v) is 6.47. The van der Waals surface area contributed by atoms with Crippen molar-refractivity contribution in [2.24, 2.45) is 11.7 Å². The Morgan fingerprint density at radius 2 is 1.60 bits per heavy atom. The fraction of sp³-hybridized carbons (Fsp3) is 0.923. The molecule has 2 heteroatoms. The van der Waals surface area contributed by atoms with E-state index < -0.39 is 5.54 Å². The van der Waals surface area contributed by atoms with Gasteiger partial charge in [-0.2, -0.15) is 0 Å². The summed E-state index contributed by atoms with van der Waals surface area (Å²) < 4.78 is 0. The number of carbonyl (C=O) groups is 1. The van der Waals surface area contributed by atoms with Crippen LogP contribution >= 0.6 is 0 Å². The number of rotatable bonds is 4. The lowest BCUT2D eigenvalue weighted by Crippen LogP contribution is -2.49. The first kappa shape index (κ1) is 12.7. The normalized spacial score (nSPS) is 19.9. The Morgan fingerprint density at radius 3 is 2.00 bits per heavy atom. The first-order chi connectivity index (χ1) is 7.14. The van der Waals surface area contributed by atoms with Crippen molar-refractivity contribution in [2.75, 3.05) is 0 Å². The maximum atomic E-state index is 12.3. The molecule has 1 rings (SSSR count). The van der Waals surface area contributed by atoms with Gasteiger partial charge in [-0.3, -0.25) is 4.79 Å². The smallest absolute Gasteiger partial charge is 0.155 e. The Labute approximate surface area is 93.6 Å². The molecule has 0 bridgehead atoms. The second kappa shape index (κ2) is 5.64. The van der Waals surface area contributed by atoms with Crippen molar-refractivity contribution in [3.05, 3.63) is 0 Å². The predicted molar refractivity (Wildman–Crippen MR) is 63.7 cm³/mol. The molecule has 1 aliphatic carbocycles. The van der Waals surface area contributed by atoms with E-state index in [2.05, 4.69) is 0 Å². The van der Waals surface area contributed by atoms with Crippen molar-refractivity contribution in [3.63, 3.8) is 0 Å². The molecule has 0 unspecified atom stereocenters. The third kappa shape index (κ3) is 3.04. The van der Waals surface area contributed by atoms with Gasteiger partial charge in [0.05, 0.1) is 5.54 Å². The Morgan fingerprint density at radius 1 is 1.13 bits per heavy atom. The third-order valence-corrected chi connectivity index (χ3v) is 3.98. The van der Waals surface area contributed by atoms with Crippen LogP contribution in [0.1, 0.15) is 65.2 Å². The molecule has 0 spiro atoms. The van der Waals surface area contributed by atoms with Gasteiger partial charge in [0.25, 0.3) is 0 Å². The van der Waals surface area contributed by atoms with Gasteiger partial charge in [0.15, 0.2) is 5.78 Å². The highest BCUT2D eigenvalue weighted by Gasteiger charge is 2.35. The topological polar surface area (TPSA) is 43.1 Å². The van der Waals surface area contributed by atoms with E-state index in [0.717, 1.165) is 25.7 Å². The summed E-state index contributed by atoms with van der Waals surface area (Å²) in [5.74, 6) is 0.576. The summed E-state index contributed by atoms with van der Waals surface area (Å²) in [6, 6.07) is 0. The molecule has 2 N–H and O–H groups in total. The number of ketones is 1. The molecule has 1 aliphatic rings. The molecule has 0 aromatic rings. The second-order valence-electron chi connectivity index (χ2n) is 4.92. The average Bonchev–Trinajstić information content (AvgIpc) is 2.55. The molecule has 1 saturated carbocycles. The van der Waals surface area contributed by atoms with Crippen molar-refractivity contribution < 1.29 is 4.79 Å². The number of carbonyl (C=O) groups excluding carboxylic acids is 1. The van der Waals surface area contributed by atoms with Gasteiger partial charge in [0, 0.05) is 5.92 Å². The largest absolute Gasteiger partial charge is 0.319 e. The minimum Gasteiger partial charge on any atom is -0.319 e. The molecule has 0 aromatic heterocycles. The second-order valence-corrected chi connectivity index (χ2v) is 4.92. The van der Waals surface area contributed by atoms with Crippen LogP contribution in [0.15, 0.2) is 0 Å². The van der Waals surface area contributed by atoms with Crippen LogP contribution in [0.2, 0.25) is 0 Å². The highest BCUT2D eigenvalue weighted by atomic mass is 16.1. The van der Waals surface area contributed by atoms with E-state index in [4.69, 9.17) is 5.73 Å². The van der Waals surface area contributed by atoms with Crippen LogP contribution < -0.4 is 5.73 Å². The van der Waals surface area contributed by atoms with E-state index in [9.17, 15) is 4.79 Å². The van der Waals surface area contributed by atoms with Gasteiger partial charge < -0.3 is 5.73 Å². The van der Waals surface area contributed by atoms with Gasteiger partial charge in [-0.1, -0.05) is 39.5 Å². The van der Waals surface area contributed by atoms with Crippen LogP contribution in [0.25, 0.3) is 0 Å². The quantitative estimate of drug-likeness (QED) is 0.726. The molecule has 0 amide bonds. The summed E-state index contributed by atoms with van der Waals surface area (Å²) in [5, 5.41) is 0.